The lowest BCUT2D eigenvalue weighted by molar-refractivity contribution is -0.152. The third-order valence-electron chi connectivity index (χ3n) is 4.08. The molecule has 2 atom stereocenters. The Hall–Kier alpha value is -1.35. The zero-order chi connectivity index (χ0) is 13.2. The predicted octanol–water partition coefficient (Wildman–Crippen LogP) is 2.72. The van der Waals surface area contributed by atoms with Crippen LogP contribution in [0.5, 0.6) is 0 Å². The van der Waals surface area contributed by atoms with E-state index in [1.807, 2.05) is 37.3 Å². The van der Waals surface area contributed by atoms with Gasteiger partial charge in [0.2, 0.25) is 0 Å². The molecule has 1 N–H and O–H groups in total. The van der Waals surface area contributed by atoms with Crippen molar-refractivity contribution in [2.45, 2.75) is 32.2 Å². The van der Waals surface area contributed by atoms with Gasteiger partial charge in [0.1, 0.15) is 5.54 Å². The first-order valence-corrected chi connectivity index (χ1v) is 6.65. The van der Waals surface area contributed by atoms with Crippen LogP contribution >= 0.6 is 0 Å². The van der Waals surface area contributed by atoms with Crippen molar-refractivity contribution in [3.63, 3.8) is 0 Å². The number of rotatable bonds is 4. The largest absolute Gasteiger partial charge is 0.480 e. The molecule has 98 valence electrons. The molecule has 2 rings (SSSR count). The first-order valence-electron chi connectivity index (χ1n) is 6.65. The molecule has 1 saturated heterocycles. The van der Waals surface area contributed by atoms with E-state index in [1.165, 1.54) is 0 Å². The average Bonchev–Trinajstić information content (AvgIpc) is 2.79. The highest BCUT2D eigenvalue weighted by Gasteiger charge is 2.46. The molecule has 0 radical (unpaired) electrons. The van der Waals surface area contributed by atoms with Crippen molar-refractivity contribution in [3.05, 3.63) is 35.9 Å². The highest BCUT2D eigenvalue weighted by Crippen LogP contribution is 2.36. The maximum atomic E-state index is 11.9. The number of carboxylic acids is 1. The molecule has 0 bridgehead atoms. The van der Waals surface area contributed by atoms with Gasteiger partial charge in [0.05, 0.1) is 0 Å². The van der Waals surface area contributed by atoms with Crippen LogP contribution in [-0.2, 0) is 10.3 Å². The minimum atomic E-state index is -0.855. The van der Waals surface area contributed by atoms with Crippen LogP contribution in [0.2, 0.25) is 0 Å². The lowest BCUT2D eigenvalue weighted by Gasteiger charge is -2.38. The zero-order valence-corrected chi connectivity index (χ0v) is 11.1. The molecule has 1 fully saturated rings. The molecular weight excluding hydrogens is 226 g/mol. The smallest absolute Gasteiger partial charge is 0.328 e. The van der Waals surface area contributed by atoms with E-state index in [9.17, 15) is 9.90 Å². The molecule has 0 spiro atoms. The van der Waals surface area contributed by atoms with Gasteiger partial charge in [0.25, 0.3) is 0 Å². The van der Waals surface area contributed by atoms with Gasteiger partial charge >= 0.3 is 5.97 Å². The van der Waals surface area contributed by atoms with Crippen molar-refractivity contribution in [1.29, 1.82) is 0 Å². The Kier molecular flexibility index (Phi) is 3.71. The maximum absolute atomic E-state index is 11.9. The van der Waals surface area contributed by atoms with Crippen molar-refractivity contribution in [1.82, 2.24) is 4.90 Å². The van der Waals surface area contributed by atoms with Crippen LogP contribution in [0.3, 0.4) is 0 Å². The van der Waals surface area contributed by atoms with Crippen LogP contribution in [-0.4, -0.2) is 29.1 Å². The molecule has 1 aliphatic heterocycles. The second-order valence-electron chi connectivity index (χ2n) is 5.22. The van der Waals surface area contributed by atoms with Crippen LogP contribution in [0.4, 0.5) is 0 Å². The summed E-state index contributed by atoms with van der Waals surface area (Å²) in [6.45, 7) is 5.89. The van der Waals surface area contributed by atoms with Gasteiger partial charge in [-0.15, -0.1) is 0 Å². The van der Waals surface area contributed by atoms with Crippen LogP contribution in [0.25, 0.3) is 0 Å². The molecule has 3 heteroatoms. The molecule has 1 heterocycles. The summed E-state index contributed by atoms with van der Waals surface area (Å²) >= 11 is 0. The standard InChI is InChI=1S/C15H21NO2/c1-3-15(14(17)18,13-7-5-4-6-8-13)16-10-9-12(2)11-16/h4-8,12H,3,9-11H2,1-2H3,(H,17,18). The fourth-order valence-corrected chi connectivity index (χ4v) is 3.02. The van der Waals surface area contributed by atoms with Gasteiger partial charge in [-0.2, -0.15) is 0 Å². The van der Waals surface area contributed by atoms with Gasteiger partial charge in [0, 0.05) is 6.54 Å². The number of carbonyl (C=O) groups is 1. The van der Waals surface area contributed by atoms with Gasteiger partial charge in [-0.05, 0) is 30.9 Å². The van der Waals surface area contributed by atoms with Crippen LogP contribution in [0, 0.1) is 5.92 Å². The van der Waals surface area contributed by atoms with Gasteiger partial charge < -0.3 is 5.11 Å². The Morgan fingerprint density at radius 3 is 2.56 bits per heavy atom. The number of hydrogen-bond donors (Lipinski definition) is 1. The third kappa shape index (κ3) is 2.03. The van der Waals surface area contributed by atoms with Crippen LogP contribution in [0.15, 0.2) is 30.3 Å². The molecule has 18 heavy (non-hydrogen) atoms. The normalized spacial score (nSPS) is 23.8. The number of aliphatic carboxylic acids is 1. The summed E-state index contributed by atoms with van der Waals surface area (Å²) in [6, 6.07) is 9.63. The second kappa shape index (κ2) is 5.11. The lowest BCUT2D eigenvalue weighted by Crippen LogP contribution is -2.50. The summed E-state index contributed by atoms with van der Waals surface area (Å²) in [6.07, 6.45) is 1.68. The van der Waals surface area contributed by atoms with Crippen molar-refractivity contribution < 1.29 is 9.90 Å². The molecule has 1 aromatic rings. The van der Waals surface area contributed by atoms with Crippen molar-refractivity contribution >= 4 is 5.97 Å². The molecule has 0 amide bonds. The van der Waals surface area contributed by atoms with Gasteiger partial charge in [0.15, 0.2) is 0 Å². The van der Waals surface area contributed by atoms with E-state index in [2.05, 4.69) is 11.8 Å². The first-order chi connectivity index (χ1) is 8.61. The summed E-state index contributed by atoms with van der Waals surface area (Å²) in [5.74, 6) is -0.149. The first kappa shape index (κ1) is 13.1. The van der Waals surface area contributed by atoms with E-state index in [0.717, 1.165) is 25.1 Å². The molecular formula is C15H21NO2. The number of hydrogen-bond acceptors (Lipinski definition) is 2. The van der Waals surface area contributed by atoms with Crippen molar-refractivity contribution in [2.75, 3.05) is 13.1 Å². The summed E-state index contributed by atoms with van der Waals surface area (Å²) in [5.41, 5.74) is 0.0422. The highest BCUT2D eigenvalue weighted by atomic mass is 16.4. The minimum Gasteiger partial charge on any atom is -0.480 e. The molecule has 0 aromatic heterocycles. The molecule has 0 saturated carbocycles. The molecule has 2 unspecified atom stereocenters. The highest BCUT2D eigenvalue weighted by molar-refractivity contribution is 5.80. The molecule has 0 aliphatic carbocycles. The predicted molar refractivity (Wildman–Crippen MR) is 71.4 cm³/mol. The number of carboxylic acid groups (broad SMARTS) is 1. The van der Waals surface area contributed by atoms with E-state index in [1.54, 1.807) is 0 Å². The Bertz CT molecular complexity index is 418. The van der Waals surface area contributed by atoms with Crippen molar-refractivity contribution in [3.8, 4) is 0 Å². The second-order valence-corrected chi connectivity index (χ2v) is 5.22. The van der Waals surface area contributed by atoms with E-state index in [0.29, 0.717) is 12.3 Å². The maximum Gasteiger partial charge on any atom is 0.328 e. The summed E-state index contributed by atoms with van der Waals surface area (Å²) in [5, 5.41) is 9.78. The monoisotopic (exact) mass is 247 g/mol. The number of likely N-dealkylation sites (tertiary alicyclic amines) is 1. The van der Waals surface area contributed by atoms with Crippen LogP contribution < -0.4 is 0 Å². The lowest BCUT2D eigenvalue weighted by atomic mass is 9.85. The summed E-state index contributed by atoms with van der Waals surface area (Å²) < 4.78 is 0. The fraction of sp³-hybridized carbons (Fsp3) is 0.533. The van der Waals surface area contributed by atoms with E-state index in [-0.39, 0.29) is 0 Å². The van der Waals surface area contributed by atoms with E-state index >= 15 is 0 Å². The fourth-order valence-electron chi connectivity index (χ4n) is 3.02. The van der Waals surface area contributed by atoms with E-state index < -0.39 is 11.5 Å². The Balaban J connectivity index is 2.43. The van der Waals surface area contributed by atoms with Gasteiger partial charge in [-0.25, -0.2) is 4.79 Å². The molecule has 1 aromatic carbocycles. The number of nitrogens with zero attached hydrogens (tertiary/aromatic N) is 1. The third-order valence-corrected chi connectivity index (χ3v) is 4.08. The Morgan fingerprint density at radius 1 is 1.44 bits per heavy atom. The van der Waals surface area contributed by atoms with Gasteiger partial charge in [-0.1, -0.05) is 44.2 Å². The summed E-state index contributed by atoms with van der Waals surface area (Å²) in [4.78, 5) is 14.0. The number of benzene rings is 1. The average molecular weight is 247 g/mol. The quantitative estimate of drug-likeness (QED) is 0.889. The Morgan fingerprint density at radius 2 is 2.11 bits per heavy atom. The van der Waals surface area contributed by atoms with E-state index in [4.69, 9.17) is 0 Å². The van der Waals surface area contributed by atoms with Crippen LogP contribution in [0.1, 0.15) is 32.3 Å². The molecule has 1 aliphatic rings. The topological polar surface area (TPSA) is 40.5 Å². The van der Waals surface area contributed by atoms with Gasteiger partial charge in [-0.3, -0.25) is 4.90 Å². The van der Waals surface area contributed by atoms with Crippen molar-refractivity contribution in [2.24, 2.45) is 5.92 Å². The zero-order valence-electron chi connectivity index (χ0n) is 11.1. The minimum absolute atomic E-state index is 0.582. The molecule has 3 nitrogen and oxygen atoms in total. The SMILES string of the molecule is CCC(C(=O)O)(c1ccccc1)N1CCC(C)C1. The Labute approximate surface area is 108 Å². The summed E-state index contributed by atoms with van der Waals surface area (Å²) in [7, 11) is 0.